The normalized spacial score (nSPS) is 16.7. The number of aryl methyl sites for hydroxylation is 1. The van der Waals surface area contributed by atoms with Gasteiger partial charge >= 0.3 is 5.97 Å². The average molecular weight is 319 g/mol. The summed E-state index contributed by atoms with van der Waals surface area (Å²) in [5, 5.41) is 11.8. The van der Waals surface area contributed by atoms with Crippen molar-refractivity contribution in [2.45, 2.75) is 52.6 Å². The molecule has 0 aliphatic heterocycles. The summed E-state index contributed by atoms with van der Waals surface area (Å²) in [4.78, 5) is 23.3. The standard InChI is InChI=1S/C18H25NO4/c1-11(2)14-6-5-12(3)15(9-14)23-13(4)16(20)19-10-18(7-8-18)17(21)22/h5-6,9,11,13H,7-8,10H2,1-4H3,(H,19,20)(H,21,22). The summed E-state index contributed by atoms with van der Waals surface area (Å²) >= 11 is 0. The first kappa shape index (κ1) is 17.3. The molecule has 0 saturated heterocycles. The van der Waals surface area contributed by atoms with Gasteiger partial charge in [-0.3, -0.25) is 9.59 Å². The third-order valence-electron chi connectivity index (χ3n) is 4.46. The number of amides is 1. The highest BCUT2D eigenvalue weighted by atomic mass is 16.5. The number of carboxylic acid groups (broad SMARTS) is 1. The van der Waals surface area contributed by atoms with Crippen LogP contribution in [0.1, 0.15) is 50.7 Å². The van der Waals surface area contributed by atoms with Crippen molar-refractivity contribution in [3.63, 3.8) is 0 Å². The van der Waals surface area contributed by atoms with Gasteiger partial charge in [-0.15, -0.1) is 0 Å². The van der Waals surface area contributed by atoms with Gasteiger partial charge in [-0.05, 0) is 49.8 Å². The number of carbonyl (C=O) groups excluding carboxylic acids is 1. The van der Waals surface area contributed by atoms with E-state index in [1.165, 1.54) is 0 Å². The molecule has 5 heteroatoms. The molecular formula is C18H25NO4. The van der Waals surface area contributed by atoms with Gasteiger partial charge in [0.25, 0.3) is 5.91 Å². The van der Waals surface area contributed by atoms with Crippen LogP contribution in [0, 0.1) is 12.3 Å². The van der Waals surface area contributed by atoms with Crippen molar-refractivity contribution >= 4 is 11.9 Å². The zero-order chi connectivity index (χ0) is 17.2. The Morgan fingerprint density at radius 2 is 1.96 bits per heavy atom. The van der Waals surface area contributed by atoms with Crippen LogP contribution in [0.5, 0.6) is 5.75 Å². The van der Waals surface area contributed by atoms with E-state index in [2.05, 4.69) is 25.2 Å². The fourth-order valence-electron chi connectivity index (χ4n) is 2.36. The van der Waals surface area contributed by atoms with Crippen LogP contribution >= 0.6 is 0 Å². The van der Waals surface area contributed by atoms with Crippen molar-refractivity contribution < 1.29 is 19.4 Å². The molecule has 0 aromatic heterocycles. The van der Waals surface area contributed by atoms with Gasteiger partial charge in [0.05, 0.1) is 5.41 Å². The lowest BCUT2D eigenvalue weighted by Crippen LogP contribution is -2.41. The number of aliphatic carboxylic acids is 1. The SMILES string of the molecule is Cc1ccc(C(C)C)cc1OC(C)C(=O)NCC1(C(=O)O)CC1. The fourth-order valence-corrected chi connectivity index (χ4v) is 2.36. The molecule has 1 aromatic carbocycles. The number of carboxylic acids is 1. The van der Waals surface area contributed by atoms with E-state index in [1.54, 1.807) is 6.92 Å². The molecular weight excluding hydrogens is 294 g/mol. The predicted octanol–water partition coefficient (Wildman–Crippen LogP) is 2.87. The topological polar surface area (TPSA) is 75.6 Å². The van der Waals surface area contributed by atoms with Crippen molar-refractivity contribution in [2.75, 3.05) is 6.54 Å². The van der Waals surface area contributed by atoms with E-state index in [9.17, 15) is 9.59 Å². The molecule has 0 bridgehead atoms. The third kappa shape index (κ3) is 4.03. The molecule has 1 amide bonds. The van der Waals surface area contributed by atoms with Gasteiger partial charge in [-0.2, -0.15) is 0 Å². The smallest absolute Gasteiger partial charge is 0.311 e. The summed E-state index contributed by atoms with van der Waals surface area (Å²) in [6.07, 6.45) is 0.571. The Kier molecular flexibility index (Phi) is 4.97. The summed E-state index contributed by atoms with van der Waals surface area (Å²) < 4.78 is 5.78. The largest absolute Gasteiger partial charge is 0.481 e. The minimum Gasteiger partial charge on any atom is -0.481 e. The average Bonchev–Trinajstić information content (AvgIpc) is 3.28. The lowest BCUT2D eigenvalue weighted by atomic mass is 10.0. The van der Waals surface area contributed by atoms with Crippen LogP contribution in [0.2, 0.25) is 0 Å². The minimum absolute atomic E-state index is 0.167. The minimum atomic E-state index is -0.841. The quantitative estimate of drug-likeness (QED) is 0.810. The van der Waals surface area contributed by atoms with E-state index in [1.807, 2.05) is 19.1 Å². The highest BCUT2D eigenvalue weighted by molar-refractivity contribution is 5.83. The van der Waals surface area contributed by atoms with E-state index >= 15 is 0 Å². The fraction of sp³-hybridized carbons (Fsp3) is 0.556. The Hall–Kier alpha value is -2.04. The summed E-state index contributed by atoms with van der Waals surface area (Å²) in [6.45, 7) is 7.99. The predicted molar refractivity (Wildman–Crippen MR) is 87.7 cm³/mol. The van der Waals surface area contributed by atoms with Gasteiger partial charge in [0.2, 0.25) is 0 Å². The zero-order valence-electron chi connectivity index (χ0n) is 14.2. The Labute approximate surface area is 137 Å². The van der Waals surface area contributed by atoms with Crippen LogP contribution in [0.4, 0.5) is 0 Å². The summed E-state index contributed by atoms with van der Waals surface area (Å²) in [6, 6.07) is 6.00. The monoisotopic (exact) mass is 319 g/mol. The van der Waals surface area contributed by atoms with E-state index < -0.39 is 17.5 Å². The zero-order valence-corrected chi connectivity index (χ0v) is 14.2. The second-order valence-corrected chi connectivity index (χ2v) is 6.74. The number of ether oxygens (including phenoxy) is 1. The Bertz CT molecular complexity index is 605. The van der Waals surface area contributed by atoms with Crippen LogP contribution in [0.25, 0.3) is 0 Å². The van der Waals surface area contributed by atoms with Gasteiger partial charge < -0.3 is 15.2 Å². The molecule has 126 valence electrons. The van der Waals surface area contributed by atoms with Gasteiger partial charge in [0, 0.05) is 6.54 Å². The molecule has 0 spiro atoms. The first-order valence-corrected chi connectivity index (χ1v) is 8.03. The maximum atomic E-state index is 12.1. The van der Waals surface area contributed by atoms with Crippen molar-refractivity contribution in [3.05, 3.63) is 29.3 Å². The molecule has 0 radical (unpaired) electrons. The van der Waals surface area contributed by atoms with Gasteiger partial charge in [0.1, 0.15) is 5.75 Å². The summed E-state index contributed by atoms with van der Waals surface area (Å²) in [7, 11) is 0. The molecule has 1 saturated carbocycles. The molecule has 1 atom stereocenters. The molecule has 1 aliphatic rings. The van der Waals surface area contributed by atoms with E-state index in [-0.39, 0.29) is 12.5 Å². The maximum absolute atomic E-state index is 12.1. The molecule has 2 rings (SSSR count). The van der Waals surface area contributed by atoms with Gasteiger partial charge in [-0.1, -0.05) is 26.0 Å². The van der Waals surface area contributed by atoms with Crippen molar-refractivity contribution in [1.29, 1.82) is 0 Å². The first-order chi connectivity index (χ1) is 10.7. The third-order valence-corrected chi connectivity index (χ3v) is 4.46. The molecule has 1 aromatic rings. The number of benzene rings is 1. The number of nitrogens with one attached hydrogen (secondary N) is 1. The number of carbonyl (C=O) groups is 2. The maximum Gasteiger partial charge on any atom is 0.311 e. The molecule has 1 fully saturated rings. The van der Waals surface area contributed by atoms with E-state index in [0.29, 0.717) is 24.5 Å². The molecule has 1 aliphatic carbocycles. The molecule has 2 N–H and O–H groups in total. The Morgan fingerprint density at radius 3 is 2.48 bits per heavy atom. The Morgan fingerprint density at radius 1 is 1.30 bits per heavy atom. The van der Waals surface area contributed by atoms with Crippen LogP contribution in [0.15, 0.2) is 18.2 Å². The van der Waals surface area contributed by atoms with Crippen molar-refractivity contribution in [3.8, 4) is 5.75 Å². The van der Waals surface area contributed by atoms with Gasteiger partial charge in [0.15, 0.2) is 6.10 Å². The molecule has 5 nitrogen and oxygen atoms in total. The summed E-state index contributed by atoms with van der Waals surface area (Å²) in [5.41, 5.74) is 1.36. The van der Waals surface area contributed by atoms with E-state index in [4.69, 9.17) is 9.84 Å². The first-order valence-electron chi connectivity index (χ1n) is 8.03. The van der Waals surface area contributed by atoms with E-state index in [0.717, 1.165) is 11.1 Å². The van der Waals surface area contributed by atoms with Crippen LogP contribution in [-0.4, -0.2) is 29.6 Å². The molecule has 0 heterocycles. The van der Waals surface area contributed by atoms with Crippen LogP contribution in [0.3, 0.4) is 0 Å². The van der Waals surface area contributed by atoms with Crippen molar-refractivity contribution in [1.82, 2.24) is 5.32 Å². The molecule has 1 unspecified atom stereocenters. The molecule has 23 heavy (non-hydrogen) atoms. The second-order valence-electron chi connectivity index (χ2n) is 6.74. The number of hydrogen-bond donors (Lipinski definition) is 2. The van der Waals surface area contributed by atoms with Gasteiger partial charge in [-0.25, -0.2) is 0 Å². The van der Waals surface area contributed by atoms with Crippen LogP contribution < -0.4 is 10.1 Å². The second kappa shape index (κ2) is 6.60. The number of hydrogen-bond acceptors (Lipinski definition) is 3. The lowest BCUT2D eigenvalue weighted by molar-refractivity contribution is -0.143. The highest BCUT2D eigenvalue weighted by Crippen LogP contribution is 2.45. The van der Waals surface area contributed by atoms with Crippen LogP contribution in [-0.2, 0) is 9.59 Å². The highest BCUT2D eigenvalue weighted by Gasteiger charge is 2.50. The number of rotatable bonds is 7. The van der Waals surface area contributed by atoms with Crippen molar-refractivity contribution in [2.24, 2.45) is 5.41 Å². The Balaban J connectivity index is 1.96. The lowest BCUT2D eigenvalue weighted by Gasteiger charge is -2.19. The summed E-state index contributed by atoms with van der Waals surface area (Å²) in [5.74, 6) is -0.0516.